The summed E-state index contributed by atoms with van der Waals surface area (Å²) in [6.45, 7) is 0.195. The second kappa shape index (κ2) is 6.90. The first-order chi connectivity index (χ1) is 10.9. The quantitative estimate of drug-likeness (QED) is 0.899. The SMILES string of the molecule is COc1nc(NC(=O)NCc2ccccc2)nc(C(F)(F)F)n1. The summed E-state index contributed by atoms with van der Waals surface area (Å²) in [6.07, 6.45) is -4.78. The third-order valence-electron chi connectivity index (χ3n) is 2.57. The van der Waals surface area contributed by atoms with Gasteiger partial charge in [0.05, 0.1) is 7.11 Å². The fraction of sp³-hybridized carbons (Fsp3) is 0.231. The highest BCUT2D eigenvalue weighted by Crippen LogP contribution is 2.27. The van der Waals surface area contributed by atoms with Gasteiger partial charge in [-0.15, -0.1) is 0 Å². The van der Waals surface area contributed by atoms with Gasteiger partial charge in [-0.2, -0.15) is 28.1 Å². The van der Waals surface area contributed by atoms with Crippen molar-refractivity contribution in [3.05, 3.63) is 41.7 Å². The van der Waals surface area contributed by atoms with Crippen LogP contribution in [0.3, 0.4) is 0 Å². The largest absolute Gasteiger partial charge is 0.467 e. The van der Waals surface area contributed by atoms with Gasteiger partial charge in [-0.1, -0.05) is 30.3 Å². The minimum atomic E-state index is -4.78. The molecule has 1 heterocycles. The van der Waals surface area contributed by atoms with Gasteiger partial charge in [0.15, 0.2) is 0 Å². The van der Waals surface area contributed by atoms with Crippen molar-refractivity contribution >= 4 is 12.0 Å². The van der Waals surface area contributed by atoms with Crippen LogP contribution < -0.4 is 15.4 Å². The van der Waals surface area contributed by atoms with Crippen LogP contribution in [0.4, 0.5) is 23.9 Å². The van der Waals surface area contributed by atoms with Crippen LogP contribution in [-0.2, 0) is 12.7 Å². The fourth-order valence-electron chi connectivity index (χ4n) is 1.55. The van der Waals surface area contributed by atoms with E-state index < -0.39 is 30.0 Å². The number of urea groups is 1. The number of anilines is 1. The van der Waals surface area contributed by atoms with Crippen molar-refractivity contribution < 1.29 is 22.7 Å². The number of nitrogens with one attached hydrogen (secondary N) is 2. The number of alkyl halides is 3. The van der Waals surface area contributed by atoms with E-state index in [2.05, 4.69) is 30.3 Å². The second-order valence-corrected chi connectivity index (χ2v) is 4.26. The Morgan fingerprint density at radius 3 is 2.48 bits per heavy atom. The van der Waals surface area contributed by atoms with E-state index >= 15 is 0 Å². The highest BCUT2D eigenvalue weighted by atomic mass is 19.4. The molecular formula is C13H12F3N5O2. The Bertz CT molecular complexity index is 679. The summed E-state index contributed by atoms with van der Waals surface area (Å²) in [5, 5.41) is 4.58. The molecule has 0 unspecified atom stereocenters. The first kappa shape index (κ1) is 16.5. The number of hydrogen-bond acceptors (Lipinski definition) is 5. The van der Waals surface area contributed by atoms with Crippen molar-refractivity contribution in [2.75, 3.05) is 12.4 Å². The van der Waals surface area contributed by atoms with Gasteiger partial charge >= 0.3 is 18.2 Å². The van der Waals surface area contributed by atoms with Gasteiger partial charge in [0.2, 0.25) is 11.8 Å². The molecule has 2 N–H and O–H groups in total. The summed E-state index contributed by atoms with van der Waals surface area (Å²) in [5.74, 6) is -2.02. The molecular weight excluding hydrogens is 315 g/mol. The molecule has 2 rings (SSSR count). The Hall–Kier alpha value is -2.91. The van der Waals surface area contributed by atoms with Crippen LogP contribution in [0.2, 0.25) is 0 Å². The van der Waals surface area contributed by atoms with E-state index in [1.165, 1.54) is 0 Å². The van der Waals surface area contributed by atoms with Crippen molar-refractivity contribution in [3.63, 3.8) is 0 Å². The Morgan fingerprint density at radius 1 is 1.17 bits per heavy atom. The number of halogens is 3. The summed E-state index contributed by atoms with van der Waals surface area (Å²) in [6, 6.07) is 7.67. The van der Waals surface area contributed by atoms with Crippen molar-refractivity contribution in [2.45, 2.75) is 12.7 Å². The number of carbonyl (C=O) groups excluding carboxylic acids is 1. The van der Waals surface area contributed by atoms with Gasteiger partial charge in [0.25, 0.3) is 0 Å². The molecule has 0 bridgehead atoms. The zero-order chi connectivity index (χ0) is 16.9. The van der Waals surface area contributed by atoms with E-state index in [4.69, 9.17) is 0 Å². The molecule has 0 spiro atoms. The summed E-state index contributed by atoms with van der Waals surface area (Å²) >= 11 is 0. The molecule has 7 nitrogen and oxygen atoms in total. The van der Waals surface area contributed by atoms with Crippen LogP contribution in [0.15, 0.2) is 30.3 Å². The maximum absolute atomic E-state index is 12.7. The first-order valence-electron chi connectivity index (χ1n) is 6.34. The molecule has 0 aliphatic carbocycles. The summed E-state index contributed by atoms with van der Waals surface area (Å²) in [4.78, 5) is 21.5. The molecule has 23 heavy (non-hydrogen) atoms. The van der Waals surface area contributed by atoms with Crippen LogP contribution in [0, 0.1) is 0 Å². The van der Waals surface area contributed by atoms with Crippen LogP contribution in [-0.4, -0.2) is 28.1 Å². The number of carbonyl (C=O) groups is 1. The maximum Gasteiger partial charge on any atom is 0.451 e. The average Bonchev–Trinajstić information content (AvgIpc) is 2.52. The number of rotatable bonds is 4. The summed E-state index contributed by atoms with van der Waals surface area (Å²) in [7, 11) is 1.11. The van der Waals surface area contributed by atoms with E-state index in [1.807, 2.05) is 6.07 Å². The zero-order valence-corrected chi connectivity index (χ0v) is 11.9. The summed E-state index contributed by atoms with van der Waals surface area (Å²) in [5.41, 5.74) is 0.826. The van der Waals surface area contributed by atoms with Gasteiger partial charge in [-0.05, 0) is 5.56 Å². The van der Waals surface area contributed by atoms with Gasteiger partial charge in [0, 0.05) is 6.54 Å². The number of hydrogen-bond donors (Lipinski definition) is 2. The molecule has 0 saturated carbocycles. The normalized spacial score (nSPS) is 11.0. The van der Waals surface area contributed by atoms with Gasteiger partial charge in [-0.3, -0.25) is 5.32 Å². The molecule has 1 aromatic heterocycles. The minimum Gasteiger partial charge on any atom is -0.467 e. The molecule has 0 aliphatic heterocycles. The van der Waals surface area contributed by atoms with Crippen LogP contribution in [0.1, 0.15) is 11.4 Å². The van der Waals surface area contributed by atoms with E-state index in [0.717, 1.165) is 12.7 Å². The predicted octanol–water partition coefficient (Wildman–Crippen LogP) is 2.22. The number of ether oxygens (including phenoxy) is 1. The van der Waals surface area contributed by atoms with Gasteiger partial charge < -0.3 is 10.1 Å². The number of nitrogens with zero attached hydrogens (tertiary/aromatic N) is 3. The van der Waals surface area contributed by atoms with Crippen LogP contribution >= 0.6 is 0 Å². The van der Waals surface area contributed by atoms with E-state index in [9.17, 15) is 18.0 Å². The lowest BCUT2D eigenvalue weighted by atomic mass is 10.2. The fourth-order valence-corrected chi connectivity index (χ4v) is 1.55. The molecule has 122 valence electrons. The highest BCUT2D eigenvalue weighted by Gasteiger charge is 2.36. The minimum absolute atomic E-state index is 0.195. The molecule has 0 saturated heterocycles. The van der Waals surface area contributed by atoms with E-state index in [1.54, 1.807) is 24.3 Å². The number of benzene rings is 1. The molecule has 0 aliphatic rings. The Kier molecular flexibility index (Phi) is 4.94. The predicted molar refractivity (Wildman–Crippen MR) is 73.7 cm³/mol. The van der Waals surface area contributed by atoms with Gasteiger partial charge in [0.1, 0.15) is 0 Å². The lowest BCUT2D eigenvalue weighted by Gasteiger charge is -2.10. The maximum atomic E-state index is 12.7. The van der Waals surface area contributed by atoms with Crippen LogP contribution in [0.25, 0.3) is 0 Å². The van der Waals surface area contributed by atoms with Gasteiger partial charge in [-0.25, -0.2) is 4.79 Å². The highest BCUT2D eigenvalue weighted by molar-refractivity contribution is 5.87. The average molecular weight is 327 g/mol. The third-order valence-corrected chi connectivity index (χ3v) is 2.57. The Balaban J connectivity index is 2.05. The standard InChI is InChI=1S/C13H12F3N5O2/c1-23-12-19-9(13(14,15)16)18-10(21-12)20-11(22)17-7-8-5-3-2-4-6-8/h2-6H,7H2,1H3,(H2,17,18,19,20,21,22). The molecule has 0 radical (unpaired) electrons. The van der Waals surface area contributed by atoms with Crippen molar-refractivity contribution in [2.24, 2.45) is 0 Å². The molecule has 1 aromatic carbocycles. The first-order valence-corrected chi connectivity index (χ1v) is 6.34. The smallest absolute Gasteiger partial charge is 0.451 e. The Morgan fingerprint density at radius 2 is 1.87 bits per heavy atom. The molecule has 2 aromatic rings. The number of amides is 2. The number of aromatic nitrogens is 3. The van der Waals surface area contributed by atoms with Crippen LogP contribution in [0.5, 0.6) is 6.01 Å². The third kappa shape index (κ3) is 4.80. The second-order valence-electron chi connectivity index (χ2n) is 4.26. The summed E-state index contributed by atoms with van der Waals surface area (Å²) < 4.78 is 42.5. The lowest BCUT2D eigenvalue weighted by Crippen LogP contribution is -2.29. The lowest BCUT2D eigenvalue weighted by molar-refractivity contribution is -0.145. The molecule has 10 heteroatoms. The topological polar surface area (TPSA) is 89.0 Å². The Labute approximate surface area is 128 Å². The zero-order valence-electron chi connectivity index (χ0n) is 11.9. The van der Waals surface area contributed by atoms with Crippen molar-refractivity contribution in [3.8, 4) is 6.01 Å². The van der Waals surface area contributed by atoms with E-state index in [-0.39, 0.29) is 6.54 Å². The molecule has 0 atom stereocenters. The van der Waals surface area contributed by atoms with E-state index in [0.29, 0.717) is 0 Å². The number of methoxy groups -OCH3 is 1. The van der Waals surface area contributed by atoms with Crippen molar-refractivity contribution in [1.82, 2.24) is 20.3 Å². The molecule has 2 amide bonds. The molecule has 0 fully saturated rings. The van der Waals surface area contributed by atoms with Crippen molar-refractivity contribution in [1.29, 1.82) is 0 Å². The monoisotopic (exact) mass is 327 g/mol.